The molecule has 4 atom stereocenters. The van der Waals surface area contributed by atoms with Crippen molar-refractivity contribution in [1.29, 1.82) is 0 Å². The Labute approximate surface area is 220 Å². The molecule has 2 aromatic heterocycles. The van der Waals surface area contributed by atoms with E-state index < -0.39 is 47.9 Å². The number of carbonyl (C=O) groups is 4. The number of aliphatic carboxylic acids is 1. The molecule has 2 heterocycles. The SMILES string of the molecule is CC(C)CC(NC(=O)C(Cc1cnc[nH]1)NC(=O)C(Cc1c[nH]c2ccccc12)NC(=O)C(C)N)C(=O)O. The summed E-state index contributed by atoms with van der Waals surface area (Å²) < 4.78 is 0. The van der Waals surface area contributed by atoms with E-state index in [-0.39, 0.29) is 25.2 Å². The fourth-order valence-corrected chi connectivity index (χ4v) is 4.10. The molecule has 38 heavy (non-hydrogen) atoms. The van der Waals surface area contributed by atoms with Crippen LogP contribution in [0.15, 0.2) is 43.0 Å². The van der Waals surface area contributed by atoms with E-state index in [1.165, 1.54) is 19.4 Å². The van der Waals surface area contributed by atoms with Gasteiger partial charge in [-0.15, -0.1) is 0 Å². The van der Waals surface area contributed by atoms with Crippen molar-refractivity contribution in [2.75, 3.05) is 0 Å². The predicted octanol–water partition coefficient (Wildman–Crippen LogP) is 0.609. The van der Waals surface area contributed by atoms with Gasteiger partial charge in [0.25, 0.3) is 0 Å². The Hall–Kier alpha value is -4.19. The number of rotatable bonds is 13. The summed E-state index contributed by atoms with van der Waals surface area (Å²) in [6.07, 6.45) is 5.11. The van der Waals surface area contributed by atoms with Crippen LogP contribution in [0, 0.1) is 5.92 Å². The number of benzene rings is 1. The second-order valence-electron chi connectivity index (χ2n) is 9.78. The van der Waals surface area contributed by atoms with Crippen molar-refractivity contribution < 1.29 is 24.3 Å². The third-order valence-corrected chi connectivity index (χ3v) is 6.08. The molecule has 0 spiro atoms. The smallest absolute Gasteiger partial charge is 0.326 e. The molecule has 0 saturated carbocycles. The van der Waals surface area contributed by atoms with Crippen LogP contribution in [-0.2, 0) is 32.0 Å². The Balaban J connectivity index is 1.85. The molecule has 0 radical (unpaired) electrons. The van der Waals surface area contributed by atoms with Gasteiger partial charge in [0.2, 0.25) is 17.7 Å². The van der Waals surface area contributed by atoms with Gasteiger partial charge in [0, 0.05) is 41.8 Å². The van der Waals surface area contributed by atoms with Crippen molar-refractivity contribution in [2.45, 2.75) is 64.2 Å². The van der Waals surface area contributed by atoms with E-state index >= 15 is 0 Å². The largest absolute Gasteiger partial charge is 0.480 e. The molecule has 3 rings (SSSR count). The molecule has 0 bridgehead atoms. The summed E-state index contributed by atoms with van der Waals surface area (Å²) in [4.78, 5) is 60.9. The van der Waals surface area contributed by atoms with Gasteiger partial charge < -0.3 is 36.8 Å². The lowest BCUT2D eigenvalue weighted by Crippen LogP contribution is -2.58. The molecule has 204 valence electrons. The highest BCUT2D eigenvalue weighted by atomic mass is 16.4. The number of nitrogens with one attached hydrogen (secondary N) is 5. The summed E-state index contributed by atoms with van der Waals surface area (Å²) >= 11 is 0. The highest BCUT2D eigenvalue weighted by Crippen LogP contribution is 2.19. The van der Waals surface area contributed by atoms with Crippen molar-refractivity contribution in [3.63, 3.8) is 0 Å². The topological polar surface area (TPSA) is 195 Å². The second kappa shape index (κ2) is 12.9. The first-order valence-corrected chi connectivity index (χ1v) is 12.5. The van der Waals surface area contributed by atoms with Crippen LogP contribution in [0.4, 0.5) is 0 Å². The van der Waals surface area contributed by atoms with E-state index in [4.69, 9.17) is 5.73 Å². The van der Waals surface area contributed by atoms with Crippen molar-refractivity contribution in [3.05, 3.63) is 54.2 Å². The Bertz CT molecular complexity index is 1250. The average molecular weight is 526 g/mol. The van der Waals surface area contributed by atoms with Gasteiger partial charge in [-0.3, -0.25) is 14.4 Å². The van der Waals surface area contributed by atoms with Gasteiger partial charge in [-0.1, -0.05) is 32.0 Å². The van der Waals surface area contributed by atoms with Crippen LogP contribution < -0.4 is 21.7 Å². The van der Waals surface area contributed by atoms with Crippen molar-refractivity contribution >= 4 is 34.6 Å². The first-order valence-electron chi connectivity index (χ1n) is 12.5. The summed E-state index contributed by atoms with van der Waals surface area (Å²) in [5, 5.41) is 18.4. The maximum absolute atomic E-state index is 13.5. The van der Waals surface area contributed by atoms with Crippen molar-refractivity contribution in [3.8, 4) is 0 Å². The fraction of sp³-hybridized carbons (Fsp3) is 0.423. The average Bonchev–Trinajstić information content (AvgIpc) is 3.52. The number of carbonyl (C=O) groups excluding carboxylic acids is 3. The molecule has 0 saturated heterocycles. The third kappa shape index (κ3) is 7.65. The number of hydrogen-bond donors (Lipinski definition) is 7. The zero-order chi connectivity index (χ0) is 27.8. The van der Waals surface area contributed by atoms with Gasteiger partial charge in [-0.2, -0.15) is 0 Å². The molecule has 1 aromatic carbocycles. The van der Waals surface area contributed by atoms with Gasteiger partial charge in [-0.25, -0.2) is 9.78 Å². The Morgan fingerprint density at radius 3 is 2.16 bits per heavy atom. The maximum atomic E-state index is 13.5. The molecule has 3 aromatic rings. The first kappa shape index (κ1) is 28.4. The zero-order valence-electron chi connectivity index (χ0n) is 21.7. The normalized spacial score (nSPS) is 14.4. The van der Waals surface area contributed by atoms with Crippen LogP contribution in [0.3, 0.4) is 0 Å². The first-order chi connectivity index (χ1) is 18.0. The maximum Gasteiger partial charge on any atom is 0.326 e. The minimum atomic E-state index is -1.17. The minimum absolute atomic E-state index is 0.0195. The standard InChI is InChI=1S/C26H35N7O5/c1-14(2)8-22(26(37)38)33-25(36)21(10-17-12-28-13-30-17)32-24(35)20(31-23(34)15(3)27)9-16-11-29-19-7-5-4-6-18(16)19/h4-7,11-15,20-22,29H,8-10,27H2,1-3H3,(H,28,30)(H,31,34)(H,32,35)(H,33,36)(H,37,38). The number of aromatic amines is 2. The van der Waals surface area contributed by atoms with Crippen LogP contribution in [-0.4, -0.2) is 67.9 Å². The molecule has 0 aliphatic carbocycles. The van der Waals surface area contributed by atoms with E-state index in [1.54, 1.807) is 6.20 Å². The number of hydrogen-bond acceptors (Lipinski definition) is 6. The molecular formula is C26H35N7O5. The molecule has 3 amide bonds. The number of amides is 3. The van der Waals surface area contributed by atoms with E-state index in [1.807, 2.05) is 38.1 Å². The van der Waals surface area contributed by atoms with E-state index in [0.29, 0.717) is 5.69 Å². The monoisotopic (exact) mass is 525 g/mol. The number of carboxylic acids is 1. The van der Waals surface area contributed by atoms with Crippen LogP contribution in [0.2, 0.25) is 0 Å². The van der Waals surface area contributed by atoms with Gasteiger partial charge in [0.1, 0.15) is 18.1 Å². The van der Waals surface area contributed by atoms with Crippen molar-refractivity contribution in [2.24, 2.45) is 11.7 Å². The second-order valence-corrected chi connectivity index (χ2v) is 9.78. The van der Waals surface area contributed by atoms with E-state index in [9.17, 15) is 24.3 Å². The van der Waals surface area contributed by atoms with Gasteiger partial charge in [0.05, 0.1) is 12.4 Å². The zero-order valence-corrected chi connectivity index (χ0v) is 21.7. The van der Waals surface area contributed by atoms with Gasteiger partial charge >= 0.3 is 5.97 Å². The van der Waals surface area contributed by atoms with Gasteiger partial charge in [-0.05, 0) is 30.9 Å². The lowest BCUT2D eigenvalue weighted by Gasteiger charge is -2.25. The highest BCUT2D eigenvalue weighted by Gasteiger charge is 2.31. The molecule has 12 heteroatoms. The lowest BCUT2D eigenvalue weighted by molar-refractivity contribution is -0.142. The quantitative estimate of drug-likeness (QED) is 0.170. The molecule has 0 fully saturated rings. The fourth-order valence-electron chi connectivity index (χ4n) is 4.10. The predicted molar refractivity (Wildman–Crippen MR) is 141 cm³/mol. The molecule has 0 aliphatic rings. The number of nitrogens with two attached hydrogens (primary N) is 1. The van der Waals surface area contributed by atoms with Gasteiger partial charge in [0.15, 0.2) is 0 Å². The summed E-state index contributed by atoms with van der Waals surface area (Å²) in [5.41, 5.74) is 7.97. The van der Waals surface area contributed by atoms with Crippen LogP contribution in [0.1, 0.15) is 38.4 Å². The summed E-state index contributed by atoms with van der Waals surface area (Å²) in [6, 6.07) is 3.40. The Kier molecular flexibility index (Phi) is 9.61. The van der Waals surface area contributed by atoms with E-state index in [2.05, 4.69) is 30.9 Å². The lowest BCUT2D eigenvalue weighted by atomic mass is 10.0. The third-order valence-electron chi connectivity index (χ3n) is 6.08. The number of fused-ring (bicyclic) bond motifs is 1. The van der Waals surface area contributed by atoms with Crippen LogP contribution in [0.5, 0.6) is 0 Å². The summed E-state index contributed by atoms with van der Waals surface area (Å²) in [7, 11) is 0. The molecule has 8 N–H and O–H groups in total. The van der Waals surface area contributed by atoms with Crippen molar-refractivity contribution in [1.82, 2.24) is 30.9 Å². The number of para-hydroxylation sites is 1. The number of H-pyrrole nitrogens is 2. The number of nitrogens with zero attached hydrogens (tertiary/aromatic N) is 1. The summed E-state index contributed by atoms with van der Waals surface area (Å²) in [6.45, 7) is 5.20. The summed E-state index contributed by atoms with van der Waals surface area (Å²) in [5.74, 6) is -2.95. The molecule has 0 aliphatic heterocycles. The molecule has 4 unspecified atom stereocenters. The number of aromatic nitrogens is 3. The minimum Gasteiger partial charge on any atom is -0.480 e. The highest BCUT2D eigenvalue weighted by molar-refractivity contribution is 5.95. The molecule has 12 nitrogen and oxygen atoms in total. The van der Waals surface area contributed by atoms with Crippen LogP contribution in [0.25, 0.3) is 10.9 Å². The number of imidazole rings is 1. The number of carboxylic acid groups (broad SMARTS) is 1. The Morgan fingerprint density at radius 1 is 0.921 bits per heavy atom. The molecular weight excluding hydrogens is 490 g/mol. The van der Waals surface area contributed by atoms with E-state index in [0.717, 1.165) is 16.5 Å². The Morgan fingerprint density at radius 2 is 1.55 bits per heavy atom. The van der Waals surface area contributed by atoms with Crippen LogP contribution >= 0.6 is 0 Å².